The van der Waals surface area contributed by atoms with E-state index in [1.807, 2.05) is 43.3 Å². The Morgan fingerprint density at radius 1 is 1.02 bits per heavy atom. The molecule has 0 radical (unpaired) electrons. The van der Waals surface area contributed by atoms with Crippen LogP contribution in [-0.4, -0.2) is 29.9 Å². The lowest BCUT2D eigenvalue weighted by Crippen LogP contribution is -2.09. The van der Waals surface area contributed by atoms with Gasteiger partial charge in [0.25, 0.3) is 0 Å². The van der Waals surface area contributed by atoms with Crippen molar-refractivity contribution in [1.82, 2.24) is 10.2 Å². The number of ether oxygens (including phenoxy) is 3. The monoisotopic (exact) mass is 538 g/mol. The maximum atomic E-state index is 15.3. The lowest BCUT2D eigenvalue weighted by atomic mass is 9.88. The van der Waals surface area contributed by atoms with Crippen molar-refractivity contribution < 1.29 is 23.4 Å². The van der Waals surface area contributed by atoms with Crippen molar-refractivity contribution >= 4 is 5.97 Å². The van der Waals surface area contributed by atoms with Gasteiger partial charge in [0, 0.05) is 28.7 Å². The minimum Gasteiger partial charge on any atom is -0.492 e. The Labute approximate surface area is 233 Å². The zero-order chi connectivity index (χ0) is 28.0. The Hall–Kier alpha value is -4.26. The maximum Gasteiger partial charge on any atom is 0.306 e. The first kappa shape index (κ1) is 26.0. The molecule has 6 nitrogen and oxygen atoms in total. The number of halogens is 1. The Morgan fingerprint density at radius 2 is 1.82 bits per heavy atom. The van der Waals surface area contributed by atoms with Crippen molar-refractivity contribution in [2.24, 2.45) is 0 Å². The number of fused-ring (bicyclic) bond motifs is 2. The van der Waals surface area contributed by atoms with Gasteiger partial charge in [-0.3, -0.25) is 4.79 Å². The van der Waals surface area contributed by atoms with E-state index in [0.717, 1.165) is 56.8 Å². The Kier molecular flexibility index (Phi) is 6.74. The number of hydrogen-bond acceptors (Lipinski definition) is 6. The number of esters is 1. The molecule has 6 rings (SSSR count). The molecule has 4 aromatic rings. The number of rotatable bonds is 6. The summed E-state index contributed by atoms with van der Waals surface area (Å²) in [7, 11) is 1.39. The zero-order valence-electron chi connectivity index (χ0n) is 23.1. The van der Waals surface area contributed by atoms with E-state index < -0.39 is 6.10 Å². The van der Waals surface area contributed by atoms with Crippen LogP contribution in [0.2, 0.25) is 0 Å². The van der Waals surface area contributed by atoms with Crippen molar-refractivity contribution in [3.8, 4) is 33.9 Å². The molecule has 0 saturated carbocycles. The van der Waals surface area contributed by atoms with Gasteiger partial charge in [-0.15, -0.1) is 0 Å². The van der Waals surface area contributed by atoms with Crippen molar-refractivity contribution in [1.29, 1.82) is 0 Å². The lowest BCUT2D eigenvalue weighted by Gasteiger charge is -2.19. The molecule has 2 heterocycles. The van der Waals surface area contributed by atoms with Crippen LogP contribution in [0.25, 0.3) is 22.4 Å². The molecule has 2 aliphatic rings. The molecule has 1 aliphatic carbocycles. The third-order valence-corrected chi connectivity index (χ3v) is 7.96. The van der Waals surface area contributed by atoms with E-state index in [4.69, 9.17) is 14.2 Å². The Bertz CT molecular complexity index is 1590. The zero-order valence-corrected chi connectivity index (χ0v) is 23.1. The second-order valence-electron chi connectivity index (χ2n) is 10.7. The Morgan fingerprint density at radius 3 is 2.55 bits per heavy atom. The van der Waals surface area contributed by atoms with Gasteiger partial charge in [-0.05, 0) is 97.8 Å². The van der Waals surface area contributed by atoms with Gasteiger partial charge < -0.3 is 14.2 Å². The molecule has 0 spiro atoms. The minimum atomic E-state index is -0.400. The number of aryl methyl sites for hydroxylation is 3. The SMILES string of the molecule is COC(=O)CC1COc2cc(O[C@@H]3CCc4c(-c5c(C)cc(-c6ccc(C)nn6)cc5C)ccc(F)c43)ccc21. The first-order valence-corrected chi connectivity index (χ1v) is 13.6. The first-order chi connectivity index (χ1) is 19.3. The molecule has 0 saturated heterocycles. The van der Waals surface area contributed by atoms with Crippen LogP contribution in [0.3, 0.4) is 0 Å². The number of nitrogens with zero attached hydrogens (tertiary/aromatic N) is 2. The molecule has 1 unspecified atom stereocenters. The minimum absolute atomic E-state index is 0.0420. The number of hydrogen-bond donors (Lipinski definition) is 0. The lowest BCUT2D eigenvalue weighted by molar-refractivity contribution is -0.141. The summed E-state index contributed by atoms with van der Waals surface area (Å²) in [5.74, 6) is 0.761. The quantitative estimate of drug-likeness (QED) is 0.247. The highest BCUT2D eigenvalue weighted by molar-refractivity contribution is 5.79. The number of benzene rings is 3. The van der Waals surface area contributed by atoms with E-state index in [1.165, 1.54) is 7.11 Å². The van der Waals surface area contributed by atoms with Gasteiger partial charge in [-0.1, -0.05) is 12.1 Å². The van der Waals surface area contributed by atoms with Crippen LogP contribution in [-0.2, 0) is 16.0 Å². The summed E-state index contributed by atoms with van der Waals surface area (Å²) in [6.07, 6.45) is 1.27. The van der Waals surface area contributed by atoms with E-state index in [-0.39, 0.29) is 24.1 Å². The summed E-state index contributed by atoms with van der Waals surface area (Å²) in [6, 6.07) is 17.3. The third kappa shape index (κ3) is 4.70. The molecule has 2 atom stereocenters. The summed E-state index contributed by atoms with van der Waals surface area (Å²) < 4.78 is 32.3. The molecule has 204 valence electrons. The van der Waals surface area contributed by atoms with E-state index >= 15 is 4.39 Å². The van der Waals surface area contributed by atoms with Gasteiger partial charge in [0.05, 0.1) is 31.5 Å². The maximum absolute atomic E-state index is 15.3. The molecular weight excluding hydrogens is 507 g/mol. The van der Waals surface area contributed by atoms with Crippen LogP contribution in [0.15, 0.2) is 54.6 Å². The normalized spacial score (nSPS) is 17.2. The molecule has 40 heavy (non-hydrogen) atoms. The van der Waals surface area contributed by atoms with Crippen LogP contribution in [0.1, 0.15) is 58.4 Å². The highest BCUT2D eigenvalue weighted by Gasteiger charge is 2.32. The van der Waals surface area contributed by atoms with Gasteiger partial charge in [-0.2, -0.15) is 10.2 Å². The third-order valence-electron chi connectivity index (χ3n) is 7.96. The van der Waals surface area contributed by atoms with Crippen molar-refractivity contribution in [3.05, 3.63) is 93.9 Å². The summed E-state index contributed by atoms with van der Waals surface area (Å²) in [5.41, 5.74) is 9.66. The van der Waals surface area contributed by atoms with Crippen LogP contribution in [0.4, 0.5) is 4.39 Å². The standard InChI is InChI=1S/C33H31FN2O4/c1-18-13-21(28-11-5-20(3)35-36-28)14-19(2)32(18)25-8-10-27(34)33-26(25)9-12-29(33)40-23-6-7-24-22(15-31(37)38-4)17-39-30(24)16-23/h5-8,10-11,13-14,16,22,29H,9,12,15,17H2,1-4H3/t22?,29-/m1/s1. The predicted octanol–water partition coefficient (Wildman–Crippen LogP) is 6.98. The summed E-state index contributed by atoms with van der Waals surface area (Å²) >= 11 is 0. The van der Waals surface area contributed by atoms with Crippen LogP contribution in [0.5, 0.6) is 11.5 Å². The topological polar surface area (TPSA) is 70.5 Å². The average molecular weight is 539 g/mol. The molecular formula is C33H31FN2O4. The average Bonchev–Trinajstić information content (AvgIpc) is 3.54. The van der Waals surface area contributed by atoms with Gasteiger partial charge >= 0.3 is 5.97 Å². The van der Waals surface area contributed by atoms with Gasteiger partial charge in [-0.25, -0.2) is 4.39 Å². The molecule has 3 aromatic carbocycles. The molecule has 1 aromatic heterocycles. The van der Waals surface area contributed by atoms with Gasteiger partial charge in [0.15, 0.2) is 0 Å². The van der Waals surface area contributed by atoms with Crippen molar-refractivity contribution in [3.63, 3.8) is 0 Å². The van der Waals surface area contributed by atoms with Crippen molar-refractivity contribution in [2.75, 3.05) is 13.7 Å². The number of methoxy groups -OCH3 is 1. The number of aromatic nitrogens is 2. The fraction of sp³-hybridized carbons (Fsp3) is 0.303. The summed E-state index contributed by atoms with van der Waals surface area (Å²) in [6.45, 7) is 6.52. The van der Waals surface area contributed by atoms with E-state index in [0.29, 0.717) is 30.1 Å². The fourth-order valence-corrected chi connectivity index (χ4v) is 6.06. The molecule has 0 fully saturated rings. The first-order valence-electron chi connectivity index (χ1n) is 13.6. The van der Waals surface area contributed by atoms with E-state index in [2.05, 4.69) is 36.2 Å². The van der Waals surface area contributed by atoms with Crippen LogP contribution >= 0.6 is 0 Å². The number of carbonyl (C=O) groups is 1. The van der Waals surface area contributed by atoms with Crippen LogP contribution < -0.4 is 9.47 Å². The number of carbonyl (C=O) groups excluding carboxylic acids is 1. The molecule has 7 heteroatoms. The largest absolute Gasteiger partial charge is 0.492 e. The van der Waals surface area contributed by atoms with E-state index in [1.54, 1.807) is 6.07 Å². The summed E-state index contributed by atoms with van der Waals surface area (Å²) in [4.78, 5) is 11.7. The predicted molar refractivity (Wildman–Crippen MR) is 150 cm³/mol. The second-order valence-corrected chi connectivity index (χ2v) is 10.7. The Balaban J connectivity index is 1.29. The van der Waals surface area contributed by atoms with E-state index in [9.17, 15) is 4.79 Å². The van der Waals surface area contributed by atoms with Gasteiger partial charge in [0.2, 0.25) is 0 Å². The van der Waals surface area contributed by atoms with Crippen molar-refractivity contribution in [2.45, 2.75) is 52.1 Å². The summed E-state index contributed by atoms with van der Waals surface area (Å²) in [5, 5.41) is 8.55. The highest BCUT2D eigenvalue weighted by atomic mass is 19.1. The molecule has 0 N–H and O–H groups in total. The van der Waals surface area contributed by atoms with Crippen LogP contribution in [0, 0.1) is 26.6 Å². The second kappa shape index (κ2) is 10.4. The van der Waals surface area contributed by atoms with Gasteiger partial charge in [0.1, 0.15) is 23.4 Å². The molecule has 0 amide bonds. The molecule has 1 aliphatic heterocycles. The smallest absolute Gasteiger partial charge is 0.306 e. The molecule has 0 bridgehead atoms. The fourth-order valence-electron chi connectivity index (χ4n) is 6.06. The highest BCUT2D eigenvalue weighted by Crippen LogP contribution is 2.45.